The van der Waals surface area contributed by atoms with Gasteiger partial charge in [0.1, 0.15) is 5.69 Å². The van der Waals surface area contributed by atoms with Crippen LogP contribution in [0.1, 0.15) is 16.1 Å². The first-order chi connectivity index (χ1) is 8.65. The minimum Gasteiger partial charge on any atom is -0.393 e. The van der Waals surface area contributed by atoms with E-state index in [0.717, 1.165) is 5.56 Å². The van der Waals surface area contributed by atoms with Gasteiger partial charge in [-0.2, -0.15) is 5.10 Å². The van der Waals surface area contributed by atoms with Crippen LogP contribution in [0.25, 0.3) is 0 Å². The first-order valence-electron chi connectivity index (χ1n) is 5.33. The maximum absolute atomic E-state index is 11.7. The highest BCUT2D eigenvalue weighted by molar-refractivity contribution is 7.80. The quantitative estimate of drug-likeness (QED) is 0.727. The van der Waals surface area contributed by atoms with E-state index in [0.29, 0.717) is 22.8 Å². The molecule has 1 amide bonds. The summed E-state index contributed by atoms with van der Waals surface area (Å²) in [5, 5.41) is 9.07. The largest absolute Gasteiger partial charge is 0.393 e. The molecule has 0 bridgehead atoms. The van der Waals surface area contributed by atoms with E-state index in [2.05, 4.69) is 15.5 Å². The van der Waals surface area contributed by atoms with Crippen molar-refractivity contribution in [3.63, 3.8) is 0 Å². The van der Waals surface area contributed by atoms with Crippen LogP contribution in [0, 0.1) is 0 Å². The summed E-state index contributed by atoms with van der Waals surface area (Å²) in [5.41, 5.74) is 7.60. The van der Waals surface area contributed by atoms with Crippen LogP contribution in [0.3, 0.4) is 0 Å². The van der Waals surface area contributed by atoms with E-state index in [1.165, 1.54) is 6.20 Å². The number of H-pyrrole nitrogens is 1. The van der Waals surface area contributed by atoms with E-state index in [1.54, 1.807) is 6.07 Å². The Morgan fingerprint density at radius 2 is 2.06 bits per heavy atom. The van der Waals surface area contributed by atoms with Gasteiger partial charge in [-0.25, -0.2) is 0 Å². The zero-order valence-corrected chi connectivity index (χ0v) is 10.3. The predicted octanol–water partition coefficient (Wildman–Crippen LogP) is 1.49. The molecule has 0 fully saturated rings. The molecular weight excluding hydrogens is 248 g/mol. The summed E-state index contributed by atoms with van der Waals surface area (Å²) in [7, 11) is 0. The smallest absolute Gasteiger partial charge is 0.273 e. The van der Waals surface area contributed by atoms with E-state index in [1.807, 2.05) is 24.3 Å². The molecule has 0 radical (unpaired) electrons. The zero-order valence-electron chi connectivity index (χ0n) is 9.51. The molecule has 0 spiro atoms. The van der Waals surface area contributed by atoms with Crippen LogP contribution in [0.4, 0.5) is 5.69 Å². The zero-order chi connectivity index (χ0) is 13.0. The summed E-state index contributed by atoms with van der Waals surface area (Å²) in [6.45, 7) is 0. The van der Waals surface area contributed by atoms with Gasteiger partial charge in [-0.3, -0.25) is 9.89 Å². The molecule has 2 aromatic rings. The van der Waals surface area contributed by atoms with E-state index in [-0.39, 0.29) is 5.91 Å². The molecular formula is C12H12N4OS. The maximum Gasteiger partial charge on any atom is 0.273 e. The highest BCUT2D eigenvalue weighted by Crippen LogP contribution is 2.11. The fourth-order valence-electron chi connectivity index (χ4n) is 1.49. The first kappa shape index (κ1) is 12.3. The molecule has 1 aromatic heterocycles. The van der Waals surface area contributed by atoms with Crippen LogP contribution in [-0.4, -0.2) is 21.1 Å². The van der Waals surface area contributed by atoms with E-state index in [9.17, 15) is 4.79 Å². The first-order valence-corrected chi connectivity index (χ1v) is 5.74. The van der Waals surface area contributed by atoms with Gasteiger partial charge in [0.25, 0.3) is 5.91 Å². The van der Waals surface area contributed by atoms with Gasteiger partial charge in [0.2, 0.25) is 0 Å². The van der Waals surface area contributed by atoms with E-state index in [4.69, 9.17) is 18.0 Å². The van der Waals surface area contributed by atoms with Gasteiger partial charge < -0.3 is 11.1 Å². The lowest BCUT2D eigenvalue weighted by Crippen LogP contribution is -2.13. The molecule has 4 N–H and O–H groups in total. The number of amides is 1. The summed E-state index contributed by atoms with van der Waals surface area (Å²) in [6, 6.07) is 8.98. The standard InChI is InChI=1S/C12H12N4OS/c13-11(18)7-8-1-3-9(4-2-8)15-12(17)10-5-6-14-16-10/h1-6H,7H2,(H2,13,18)(H,14,16)(H,15,17). The third-order valence-electron chi connectivity index (χ3n) is 2.34. The number of anilines is 1. The van der Waals surface area contributed by atoms with Crippen LogP contribution in [0.5, 0.6) is 0 Å². The number of hydrogen-bond acceptors (Lipinski definition) is 3. The molecule has 0 saturated heterocycles. The van der Waals surface area contributed by atoms with Gasteiger partial charge in [0.05, 0.1) is 4.99 Å². The van der Waals surface area contributed by atoms with Gasteiger partial charge in [-0.1, -0.05) is 24.4 Å². The van der Waals surface area contributed by atoms with Crippen LogP contribution in [-0.2, 0) is 6.42 Å². The molecule has 0 aliphatic heterocycles. The van der Waals surface area contributed by atoms with Crippen LogP contribution in [0.15, 0.2) is 36.5 Å². The molecule has 0 aliphatic carbocycles. The lowest BCUT2D eigenvalue weighted by atomic mass is 10.1. The number of aromatic nitrogens is 2. The summed E-state index contributed by atoms with van der Waals surface area (Å²) < 4.78 is 0. The van der Waals surface area contributed by atoms with Crippen molar-refractivity contribution >= 4 is 28.8 Å². The number of nitrogens with one attached hydrogen (secondary N) is 2. The van der Waals surface area contributed by atoms with Gasteiger partial charge in [-0.05, 0) is 23.8 Å². The van der Waals surface area contributed by atoms with Gasteiger partial charge in [0.15, 0.2) is 0 Å². The molecule has 2 rings (SSSR count). The van der Waals surface area contributed by atoms with E-state index >= 15 is 0 Å². The number of nitrogens with zero attached hydrogens (tertiary/aromatic N) is 1. The van der Waals surface area contributed by atoms with Crippen LogP contribution < -0.4 is 11.1 Å². The Balaban J connectivity index is 2.02. The Labute approximate surface area is 109 Å². The predicted molar refractivity (Wildman–Crippen MR) is 73.5 cm³/mol. The molecule has 0 atom stereocenters. The van der Waals surface area contributed by atoms with Crippen LogP contribution >= 0.6 is 12.2 Å². The highest BCUT2D eigenvalue weighted by Gasteiger charge is 2.06. The second-order valence-corrected chi connectivity index (χ2v) is 4.29. The number of carbonyl (C=O) groups is 1. The van der Waals surface area contributed by atoms with E-state index < -0.39 is 0 Å². The number of hydrogen-bond donors (Lipinski definition) is 3. The van der Waals surface area contributed by atoms with Gasteiger partial charge in [0, 0.05) is 18.3 Å². The van der Waals surface area contributed by atoms with Crippen molar-refractivity contribution in [1.29, 1.82) is 0 Å². The average Bonchev–Trinajstić information content (AvgIpc) is 2.84. The molecule has 0 unspecified atom stereocenters. The fourth-order valence-corrected chi connectivity index (χ4v) is 1.65. The van der Waals surface area contributed by atoms with Crippen molar-refractivity contribution in [2.45, 2.75) is 6.42 Å². The van der Waals surface area contributed by atoms with Gasteiger partial charge >= 0.3 is 0 Å². The van der Waals surface area contributed by atoms with Crippen LogP contribution in [0.2, 0.25) is 0 Å². The Morgan fingerprint density at radius 3 is 2.61 bits per heavy atom. The Hall–Kier alpha value is -2.21. The average molecular weight is 260 g/mol. The van der Waals surface area contributed by atoms with Crippen molar-refractivity contribution in [3.8, 4) is 0 Å². The second kappa shape index (κ2) is 5.42. The lowest BCUT2D eigenvalue weighted by molar-refractivity contribution is 0.102. The number of benzene rings is 1. The third kappa shape index (κ3) is 3.14. The molecule has 18 heavy (non-hydrogen) atoms. The SMILES string of the molecule is NC(=S)Cc1ccc(NC(=O)c2ccn[nH]2)cc1. The maximum atomic E-state index is 11.7. The summed E-state index contributed by atoms with van der Waals surface area (Å²) >= 11 is 4.83. The number of carbonyl (C=O) groups excluding carboxylic acids is 1. The molecule has 5 nitrogen and oxygen atoms in total. The Kier molecular flexibility index (Phi) is 3.69. The Morgan fingerprint density at radius 1 is 1.33 bits per heavy atom. The third-order valence-corrected chi connectivity index (χ3v) is 2.48. The van der Waals surface area contributed by atoms with Crippen molar-refractivity contribution in [2.24, 2.45) is 5.73 Å². The molecule has 0 saturated carbocycles. The molecule has 0 aliphatic rings. The highest BCUT2D eigenvalue weighted by atomic mass is 32.1. The number of rotatable bonds is 4. The van der Waals surface area contributed by atoms with Crippen molar-refractivity contribution in [3.05, 3.63) is 47.8 Å². The second-order valence-electron chi connectivity index (χ2n) is 3.76. The molecule has 6 heteroatoms. The van der Waals surface area contributed by atoms with Crippen molar-refractivity contribution < 1.29 is 4.79 Å². The monoisotopic (exact) mass is 260 g/mol. The summed E-state index contributed by atoms with van der Waals surface area (Å²) in [4.78, 5) is 12.2. The van der Waals surface area contributed by atoms with Gasteiger partial charge in [-0.15, -0.1) is 0 Å². The van der Waals surface area contributed by atoms with Crippen molar-refractivity contribution in [1.82, 2.24) is 10.2 Å². The number of nitrogens with two attached hydrogens (primary N) is 1. The Bertz CT molecular complexity index is 548. The minimum atomic E-state index is -0.227. The molecule has 1 heterocycles. The molecule has 1 aromatic carbocycles. The summed E-state index contributed by atoms with van der Waals surface area (Å²) in [5.74, 6) is -0.227. The topological polar surface area (TPSA) is 83.8 Å². The molecule has 92 valence electrons. The van der Waals surface area contributed by atoms with Crippen molar-refractivity contribution in [2.75, 3.05) is 5.32 Å². The normalized spacial score (nSPS) is 10.0. The minimum absolute atomic E-state index is 0.227. The fraction of sp³-hybridized carbons (Fsp3) is 0.0833. The lowest BCUT2D eigenvalue weighted by Gasteiger charge is -2.05. The number of aromatic amines is 1. The summed E-state index contributed by atoms with van der Waals surface area (Å²) in [6.07, 6.45) is 2.09. The number of thiocarbonyl (C=S) groups is 1.